The highest BCUT2D eigenvalue weighted by atomic mass is 16.6. The van der Waals surface area contributed by atoms with Gasteiger partial charge in [0, 0.05) is 0 Å². The molecule has 0 bridgehead atoms. The summed E-state index contributed by atoms with van der Waals surface area (Å²) in [5.41, 5.74) is 0.279. The molecule has 0 unspecified atom stereocenters. The Balaban J connectivity index is 2.14. The molecular formula is C18H27N3O4. The van der Waals surface area contributed by atoms with Crippen molar-refractivity contribution in [3.63, 3.8) is 0 Å². The molecule has 0 atom stereocenters. The Morgan fingerprint density at radius 3 is 2.00 bits per heavy atom. The van der Waals surface area contributed by atoms with Crippen LogP contribution in [0.4, 0.5) is 16.2 Å². The van der Waals surface area contributed by atoms with Gasteiger partial charge in [0.2, 0.25) is 0 Å². The molecule has 2 rings (SSSR count). The molecule has 0 radical (unpaired) electrons. The number of alkyl carbamates (subject to hydrolysis) is 1. The SMILES string of the molecule is CC(C)(C)OC(=O)NCC1(OC(=O)C(C)(C)C)Nc2ccccc2N1. The highest BCUT2D eigenvalue weighted by Crippen LogP contribution is 2.35. The van der Waals surface area contributed by atoms with Crippen LogP contribution in [-0.2, 0) is 14.3 Å². The molecule has 1 aromatic carbocycles. The molecule has 1 aromatic rings. The van der Waals surface area contributed by atoms with Crippen LogP contribution in [0.25, 0.3) is 0 Å². The highest BCUT2D eigenvalue weighted by Gasteiger charge is 2.43. The Bertz CT molecular complexity index is 634. The zero-order valence-electron chi connectivity index (χ0n) is 15.6. The number of rotatable bonds is 3. The monoisotopic (exact) mass is 349 g/mol. The van der Waals surface area contributed by atoms with Crippen LogP contribution < -0.4 is 16.0 Å². The van der Waals surface area contributed by atoms with Crippen molar-refractivity contribution in [1.29, 1.82) is 0 Å². The molecule has 3 N–H and O–H groups in total. The van der Waals surface area contributed by atoms with Crippen LogP contribution >= 0.6 is 0 Å². The Morgan fingerprint density at radius 1 is 1.04 bits per heavy atom. The number of carbonyl (C=O) groups is 2. The number of esters is 1. The minimum Gasteiger partial charge on any atom is -0.444 e. The third-order valence-corrected chi connectivity index (χ3v) is 3.36. The summed E-state index contributed by atoms with van der Waals surface area (Å²) in [6, 6.07) is 7.47. The van der Waals surface area contributed by atoms with Crippen LogP contribution in [0, 0.1) is 5.41 Å². The second-order valence-electron chi connectivity index (χ2n) is 8.12. The van der Waals surface area contributed by atoms with Crippen molar-refractivity contribution in [2.75, 3.05) is 17.2 Å². The molecule has 1 aliphatic rings. The Kier molecular flexibility index (Phi) is 4.88. The van der Waals surface area contributed by atoms with Crippen molar-refractivity contribution in [3.05, 3.63) is 24.3 Å². The zero-order chi connectivity index (χ0) is 18.9. The molecule has 1 amide bonds. The van der Waals surface area contributed by atoms with Gasteiger partial charge in [0.05, 0.1) is 16.8 Å². The Morgan fingerprint density at radius 2 is 1.56 bits per heavy atom. The lowest BCUT2D eigenvalue weighted by molar-refractivity contribution is -0.163. The number of ether oxygens (including phenoxy) is 2. The number of hydrogen-bond acceptors (Lipinski definition) is 6. The van der Waals surface area contributed by atoms with E-state index >= 15 is 0 Å². The van der Waals surface area contributed by atoms with Gasteiger partial charge < -0.3 is 25.4 Å². The maximum absolute atomic E-state index is 12.4. The van der Waals surface area contributed by atoms with E-state index in [1.807, 2.05) is 24.3 Å². The molecule has 7 heteroatoms. The molecule has 7 nitrogen and oxygen atoms in total. The van der Waals surface area contributed by atoms with Crippen LogP contribution in [0.2, 0.25) is 0 Å². The highest BCUT2D eigenvalue weighted by molar-refractivity contribution is 5.80. The number of anilines is 2. The van der Waals surface area contributed by atoms with E-state index in [4.69, 9.17) is 9.47 Å². The maximum Gasteiger partial charge on any atom is 0.407 e. The van der Waals surface area contributed by atoms with Crippen molar-refractivity contribution in [2.24, 2.45) is 5.41 Å². The van der Waals surface area contributed by atoms with E-state index in [0.717, 1.165) is 11.4 Å². The molecule has 0 aliphatic carbocycles. The largest absolute Gasteiger partial charge is 0.444 e. The van der Waals surface area contributed by atoms with E-state index in [2.05, 4.69) is 16.0 Å². The van der Waals surface area contributed by atoms with Crippen molar-refractivity contribution < 1.29 is 19.1 Å². The number of benzene rings is 1. The van der Waals surface area contributed by atoms with Gasteiger partial charge in [-0.1, -0.05) is 12.1 Å². The molecule has 0 aromatic heterocycles. The first-order valence-electron chi connectivity index (χ1n) is 8.26. The first-order valence-corrected chi connectivity index (χ1v) is 8.26. The summed E-state index contributed by atoms with van der Waals surface area (Å²) in [5, 5.41) is 8.94. The molecule has 1 aliphatic heterocycles. The molecule has 1 heterocycles. The lowest BCUT2D eigenvalue weighted by atomic mass is 9.97. The predicted molar refractivity (Wildman–Crippen MR) is 96.2 cm³/mol. The van der Waals surface area contributed by atoms with Gasteiger partial charge in [0.1, 0.15) is 12.1 Å². The topological polar surface area (TPSA) is 88.7 Å². The summed E-state index contributed by atoms with van der Waals surface area (Å²) in [6.07, 6.45) is -0.585. The molecule has 138 valence electrons. The zero-order valence-corrected chi connectivity index (χ0v) is 15.6. The van der Waals surface area contributed by atoms with Gasteiger partial charge in [-0.05, 0) is 53.7 Å². The van der Waals surface area contributed by atoms with Gasteiger partial charge in [-0.3, -0.25) is 4.79 Å². The number of carbonyl (C=O) groups excluding carboxylic acids is 2. The van der Waals surface area contributed by atoms with Crippen molar-refractivity contribution >= 4 is 23.4 Å². The fraction of sp³-hybridized carbons (Fsp3) is 0.556. The van der Waals surface area contributed by atoms with Gasteiger partial charge in [-0.25, -0.2) is 4.79 Å². The van der Waals surface area contributed by atoms with E-state index in [1.165, 1.54) is 0 Å². The fourth-order valence-electron chi connectivity index (χ4n) is 2.17. The van der Waals surface area contributed by atoms with E-state index in [1.54, 1.807) is 41.5 Å². The smallest absolute Gasteiger partial charge is 0.407 e. The van der Waals surface area contributed by atoms with Gasteiger partial charge in [-0.2, -0.15) is 0 Å². The molecular weight excluding hydrogens is 322 g/mol. The van der Waals surface area contributed by atoms with Crippen LogP contribution in [0.1, 0.15) is 41.5 Å². The normalized spacial score (nSPS) is 15.4. The van der Waals surface area contributed by atoms with E-state index in [9.17, 15) is 9.59 Å². The fourth-order valence-corrected chi connectivity index (χ4v) is 2.17. The van der Waals surface area contributed by atoms with Gasteiger partial charge in [-0.15, -0.1) is 0 Å². The predicted octanol–water partition coefficient (Wildman–Crippen LogP) is 3.29. The van der Waals surface area contributed by atoms with Crippen LogP contribution in [-0.4, -0.2) is 30.1 Å². The average molecular weight is 349 g/mol. The van der Waals surface area contributed by atoms with Gasteiger partial charge in [0.25, 0.3) is 5.85 Å². The summed E-state index contributed by atoms with van der Waals surface area (Å²) < 4.78 is 10.9. The van der Waals surface area contributed by atoms with Gasteiger partial charge in [0.15, 0.2) is 0 Å². The first kappa shape index (κ1) is 18.9. The van der Waals surface area contributed by atoms with Crippen molar-refractivity contribution in [2.45, 2.75) is 53.0 Å². The lowest BCUT2D eigenvalue weighted by Gasteiger charge is -2.33. The number of nitrogens with one attached hydrogen (secondary N) is 3. The summed E-state index contributed by atoms with van der Waals surface area (Å²) in [5.74, 6) is -1.67. The maximum atomic E-state index is 12.4. The molecule has 25 heavy (non-hydrogen) atoms. The Labute approximate surface area is 148 Å². The quantitative estimate of drug-likeness (QED) is 0.726. The number of fused-ring (bicyclic) bond motifs is 1. The minimum absolute atomic E-state index is 0.00157. The standard InChI is InChI=1S/C18H27N3O4/c1-16(2,3)14(22)24-18(11-19-15(23)25-17(4,5)6)20-12-9-7-8-10-13(12)21-18/h7-10,20-21H,11H2,1-6H3,(H,19,23). The summed E-state index contributed by atoms with van der Waals surface area (Å²) >= 11 is 0. The molecule has 0 saturated heterocycles. The summed E-state index contributed by atoms with van der Waals surface area (Å²) in [6.45, 7) is 10.7. The summed E-state index contributed by atoms with van der Waals surface area (Å²) in [7, 11) is 0. The van der Waals surface area contributed by atoms with Crippen LogP contribution in [0.5, 0.6) is 0 Å². The summed E-state index contributed by atoms with van der Waals surface area (Å²) in [4.78, 5) is 24.4. The molecule has 0 saturated carbocycles. The van der Waals surface area contributed by atoms with E-state index < -0.39 is 28.9 Å². The second kappa shape index (κ2) is 6.46. The average Bonchev–Trinajstić information content (AvgIpc) is 2.81. The van der Waals surface area contributed by atoms with Crippen molar-refractivity contribution in [3.8, 4) is 0 Å². The molecule has 0 spiro atoms. The third-order valence-electron chi connectivity index (χ3n) is 3.36. The third kappa shape index (κ3) is 5.01. The van der Waals surface area contributed by atoms with E-state index in [-0.39, 0.29) is 6.54 Å². The van der Waals surface area contributed by atoms with E-state index in [0.29, 0.717) is 0 Å². The number of hydrogen-bond donors (Lipinski definition) is 3. The number of amides is 1. The van der Waals surface area contributed by atoms with Crippen LogP contribution in [0.3, 0.4) is 0 Å². The number of para-hydroxylation sites is 2. The first-order chi connectivity index (χ1) is 11.4. The second-order valence-corrected chi connectivity index (χ2v) is 8.12. The Hall–Kier alpha value is -2.44. The van der Waals surface area contributed by atoms with Crippen molar-refractivity contribution in [1.82, 2.24) is 5.32 Å². The van der Waals surface area contributed by atoms with Gasteiger partial charge >= 0.3 is 12.1 Å². The van der Waals surface area contributed by atoms with Crippen LogP contribution in [0.15, 0.2) is 24.3 Å². The molecule has 0 fully saturated rings. The minimum atomic E-state index is -1.27. The lowest BCUT2D eigenvalue weighted by Crippen LogP contribution is -2.56.